The van der Waals surface area contributed by atoms with Gasteiger partial charge in [-0.3, -0.25) is 14.5 Å². The van der Waals surface area contributed by atoms with Gasteiger partial charge < -0.3 is 9.84 Å². The fraction of sp³-hybridized carbons (Fsp3) is 0.312. The van der Waals surface area contributed by atoms with Crippen molar-refractivity contribution in [3.05, 3.63) is 40.1 Å². The van der Waals surface area contributed by atoms with E-state index in [4.69, 9.17) is 4.52 Å². The maximum absolute atomic E-state index is 12.1. The number of nitrogens with zero attached hydrogens (tertiary/aromatic N) is 2. The topological polar surface area (TPSA) is 75.4 Å². The average Bonchev–Trinajstić information content (AvgIpc) is 2.88. The van der Waals surface area contributed by atoms with Crippen LogP contribution in [0.2, 0.25) is 0 Å². The summed E-state index contributed by atoms with van der Waals surface area (Å²) in [6.45, 7) is 5.34. The summed E-state index contributed by atoms with van der Waals surface area (Å²) in [5.41, 5.74) is 1.72. The first-order chi connectivity index (χ1) is 10.9. The van der Waals surface area contributed by atoms with Crippen LogP contribution in [0.15, 0.2) is 33.3 Å². The Morgan fingerprint density at radius 2 is 2.04 bits per heavy atom. The third-order valence-electron chi connectivity index (χ3n) is 3.30. The fourth-order valence-electron chi connectivity index (χ4n) is 2.11. The van der Waals surface area contributed by atoms with Gasteiger partial charge in [0.15, 0.2) is 5.82 Å². The standard InChI is InChI=1S/C16H18BrN3O3/c1-10-8-13(17)4-5-14(10)18-16(22)6-7-20(12(3)21)15-9-11(2)23-19-15/h4-5,8-9H,6-7H2,1-3H3,(H,18,22). The zero-order valence-corrected chi connectivity index (χ0v) is 14.8. The van der Waals surface area contributed by atoms with Crippen LogP contribution >= 0.6 is 15.9 Å². The van der Waals surface area contributed by atoms with Gasteiger partial charge in [0.05, 0.1) is 0 Å². The van der Waals surface area contributed by atoms with Crippen LogP contribution < -0.4 is 10.2 Å². The normalized spacial score (nSPS) is 10.4. The van der Waals surface area contributed by atoms with Crippen molar-refractivity contribution in [3.8, 4) is 0 Å². The van der Waals surface area contributed by atoms with E-state index in [0.29, 0.717) is 11.6 Å². The van der Waals surface area contributed by atoms with E-state index >= 15 is 0 Å². The van der Waals surface area contributed by atoms with Crippen LogP contribution in [0.3, 0.4) is 0 Å². The second-order valence-corrected chi connectivity index (χ2v) is 6.14. The maximum atomic E-state index is 12.1. The molecule has 1 aromatic carbocycles. The van der Waals surface area contributed by atoms with E-state index in [-0.39, 0.29) is 24.8 Å². The Morgan fingerprint density at radius 1 is 1.30 bits per heavy atom. The number of nitrogens with one attached hydrogen (secondary N) is 1. The molecule has 2 rings (SSSR count). The zero-order valence-electron chi connectivity index (χ0n) is 13.2. The first kappa shape index (κ1) is 17.2. The number of hydrogen-bond acceptors (Lipinski definition) is 4. The Labute approximate surface area is 143 Å². The SMILES string of the molecule is CC(=O)N(CCC(=O)Nc1ccc(Br)cc1C)c1cc(C)on1. The van der Waals surface area contributed by atoms with E-state index in [9.17, 15) is 9.59 Å². The van der Waals surface area contributed by atoms with Gasteiger partial charge in [-0.05, 0) is 37.6 Å². The molecule has 23 heavy (non-hydrogen) atoms. The van der Waals surface area contributed by atoms with E-state index in [1.165, 1.54) is 11.8 Å². The monoisotopic (exact) mass is 379 g/mol. The summed E-state index contributed by atoms with van der Waals surface area (Å²) in [5.74, 6) is 0.677. The minimum absolute atomic E-state index is 0.165. The Morgan fingerprint density at radius 3 is 2.61 bits per heavy atom. The van der Waals surface area contributed by atoms with Crippen LogP contribution in [0.1, 0.15) is 24.7 Å². The lowest BCUT2D eigenvalue weighted by Gasteiger charge is -2.17. The van der Waals surface area contributed by atoms with Crippen LogP contribution in [-0.4, -0.2) is 23.5 Å². The number of aromatic nitrogens is 1. The van der Waals surface area contributed by atoms with E-state index < -0.39 is 0 Å². The molecule has 7 heteroatoms. The summed E-state index contributed by atoms with van der Waals surface area (Å²) < 4.78 is 5.93. The largest absolute Gasteiger partial charge is 0.360 e. The number of carbonyl (C=O) groups excluding carboxylic acids is 2. The van der Waals surface area contributed by atoms with Gasteiger partial charge in [0, 0.05) is 36.1 Å². The summed E-state index contributed by atoms with van der Waals surface area (Å²) in [4.78, 5) is 25.3. The van der Waals surface area contributed by atoms with E-state index in [2.05, 4.69) is 26.4 Å². The van der Waals surface area contributed by atoms with Crippen LogP contribution in [0.4, 0.5) is 11.5 Å². The quantitative estimate of drug-likeness (QED) is 0.862. The van der Waals surface area contributed by atoms with Crippen LogP contribution in [0.5, 0.6) is 0 Å². The Balaban J connectivity index is 1.98. The lowest BCUT2D eigenvalue weighted by Crippen LogP contribution is -2.32. The van der Waals surface area contributed by atoms with Crippen molar-refractivity contribution in [3.63, 3.8) is 0 Å². The molecule has 122 valence electrons. The fourth-order valence-corrected chi connectivity index (χ4v) is 2.58. The molecule has 0 bridgehead atoms. The molecule has 0 saturated heterocycles. The lowest BCUT2D eigenvalue weighted by atomic mass is 10.2. The third-order valence-corrected chi connectivity index (χ3v) is 3.79. The Hall–Kier alpha value is -2.15. The molecule has 0 radical (unpaired) electrons. The highest BCUT2D eigenvalue weighted by Crippen LogP contribution is 2.20. The summed E-state index contributed by atoms with van der Waals surface area (Å²) >= 11 is 3.38. The first-order valence-electron chi connectivity index (χ1n) is 7.14. The third kappa shape index (κ3) is 4.66. The van der Waals surface area contributed by atoms with Crippen LogP contribution in [0.25, 0.3) is 0 Å². The number of anilines is 2. The molecule has 0 atom stereocenters. The van der Waals surface area contributed by atoms with Gasteiger partial charge in [0.1, 0.15) is 5.76 Å². The maximum Gasteiger partial charge on any atom is 0.226 e. The van der Waals surface area contributed by atoms with E-state index in [1.54, 1.807) is 13.0 Å². The Bertz CT molecular complexity index is 727. The minimum atomic E-state index is -0.189. The lowest BCUT2D eigenvalue weighted by molar-refractivity contribution is -0.117. The van der Waals surface area contributed by atoms with Crippen molar-refractivity contribution >= 4 is 39.2 Å². The molecule has 0 aliphatic carbocycles. The van der Waals surface area contributed by atoms with Gasteiger partial charge in [-0.15, -0.1) is 0 Å². The number of aryl methyl sites for hydroxylation is 2. The predicted molar refractivity (Wildman–Crippen MR) is 91.4 cm³/mol. The molecule has 6 nitrogen and oxygen atoms in total. The van der Waals surface area contributed by atoms with Crippen molar-refractivity contribution in [1.29, 1.82) is 0 Å². The van der Waals surface area contributed by atoms with E-state index in [1.807, 2.05) is 25.1 Å². The smallest absolute Gasteiger partial charge is 0.226 e. The van der Waals surface area contributed by atoms with Crippen LogP contribution in [0, 0.1) is 13.8 Å². The molecular weight excluding hydrogens is 362 g/mol. The van der Waals surface area contributed by atoms with Gasteiger partial charge >= 0.3 is 0 Å². The summed E-state index contributed by atoms with van der Waals surface area (Å²) in [6.07, 6.45) is 0.168. The van der Waals surface area contributed by atoms with Crippen molar-refractivity contribution in [1.82, 2.24) is 5.16 Å². The first-order valence-corrected chi connectivity index (χ1v) is 7.93. The molecule has 0 aliphatic heterocycles. The summed E-state index contributed by atoms with van der Waals surface area (Å²) in [5, 5.41) is 6.66. The molecule has 2 amide bonds. The molecule has 1 aromatic heterocycles. The predicted octanol–water partition coefficient (Wildman–Crippen LogP) is 3.44. The molecule has 2 aromatic rings. The molecule has 1 heterocycles. The molecule has 0 aliphatic rings. The van der Waals surface area contributed by atoms with Crippen molar-refractivity contribution < 1.29 is 14.1 Å². The van der Waals surface area contributed by atoms with E-state index in [0.717, 1.165) is 15.7 Å². The van der Waals surface area contributed by atoms with Gasteiger partial charge in [0.25, 0.3) is 0 Å². The van der Waals surface area contributed by atoms with Gasteiger partial charge in [-0.1, -0.05) is 21.1 Å². The number of carbonyl (C=O) groups is 2. The van der Waals surface area contributed by atoms with Crippen molar-refractivity contribution in [2.24, 2.45) is 0 Å². The van der Waals surface area contributed by atoms with Crippen molar-refractivity contribution in [2.45, 2.75) is 27.2 Å². The van der Waals surface area contributed by atoms with Crippen molar-refractivity contribution in [2.75, 3.05) is 16.8 Å². The summed E-state index contributed by atoms with van der Waals surface area (Å²) in [6, 6.07) is 7.29. The number of halogens is 1. The zero-order chi connectivity index (χ0) is 17.0. The molecular formula is C16H18BrN3O3. The molecule has 0 saturated carbocycles. The highest BCUT2D eigenvalue weighted by molar-refractivity contribution is 9.10. The molecule has 1 N–H and O–H groups in total. The van der Waals surface area contributed by atoms with Gasteiger partial charge in [0.2, 0.25) is 11.8 Å². The average molecular weight is 380 g/mol. The van der Waals surface area contributed by atoms with Gasteiger partial charge in [-0.2, -0.15) is 0 Å². The second-order valence-electron chi connectivity index (χ2n) is 5.22. The molecule has 0 spiro atoms. The molecule has 0 unspecified atom stereocenters. The number of benzene rings is 1. The number of hydrogen-bond donors (Lipinski definition) is 1. The highest BCUT2D eigenvalue weighted by atomic mass is 79.9. The summed E-state index contributed by atoms with van der Waals surface area (Å²) in [7, 11) is 0. The second kappa shape index (κ2) is 7.41. The number of amides is 2. The minimum Gasteiger partial charge on any atom is -0.360 e. The van der Waals surface area contributed by atoms with Crippen LogP contribution in [-0.2, 0) is 9.59 Å². The number of rotatable bonds is 5. The highest BCUT2D eigenvalue weighted by Gasteiger charge is 2.17. The van der Waals surface area contributed by atoms with Gasteiger partial charge in [-0.25, -0.2) is 0 Å². The Kier molecular flexibility index (Phi) is 5.54. The molecule has 0 fully saturated rings.